The molecule has 0 aliphatic rings. The largest absolute Gasteiger partial charge is 0.330 e. The van der Waals surface area contributed by atoms with E-state index in [9.17, 15) is 0 Å². The molecule has 0 aromatic heterocycles. The highest BCUT2D eigenvalue weighted by molar-refractivity contribution is 4.95. The summed E-state index contributed by atoms with van der Waals surface area (Å²) < 4.78 is 0. The Labute approximate surface area is 70.7 Å². The fourth-order valence-electron chi connectivity index (χ4n) is 1.50. The van der Waals surface area contributed by atoms with E-state index >= 15 is 0 Å². The SMILES string of the molecule is C=CC(CC)(CN)CC(C)C. The smallest absolute Gasteiger partial charge is 0.00141 e. The molecule has 2 N–H and O–H groups in total. The van der Waals surface area contributed by atoms with Gasteiger partial charge < -0.3 is 5.73 Å². The van der Waals surface area contributed by atoms with Crippen LogP contribution in [-0.2, 0) is 0 Å². The predicted molar refractivity (Wildman–Crippen MR) is 51.4 cm³/mol. The minimum Gasteiger partial charge on any atom is -0.330 e. The highest BCUT2D eigenvalue weighted by atomic mass is 14.6. The van der Waals surface area contributed by atoms with Gasteiger partial charge in [0.15, 0.2) is 0 Å². The highest BCUT2D eigenvalue weighted by Crippen LogP contribution is 2.29. The average Bonchev–Trinajstić information content (AvgIpc) is 2.00. The van der Waals surface area contributed by atoms with Crippen LogP contribution in [0.2, 0.25) is 0 Å². The first kappa shape index (κ1) is 10.7. The van der Waals surface area contributed by atoms with Crippen molar-refractivity contribution in [3.05, 3.63) is 12.7 Å². The lowest BCUT2D eigenvalue weighted by molar-refractivity contribution is 0.301. The lowest BCUT2D eigenvalue weighted by atomic mass is 9.78. The Morgan fingerprint density at radius 1 is 1.55 bits per heavy atom. The maximum absolute atomic E-state index is 5.71. The van der Waals surface area contributed by atoms with Crippen LogP contribution in [0.4, 0.5) is 0 Å². The van der Waals surface area contributed by atoms with Crippen LogP contribution in [0, 0.1) is 11.3 Å². The molecule has 0 aromatic carbocycles. The van der Waals surface area contributed by atoms with Crippen molar-refractivity contribution in [1.29, 1.82) is 0 Å². The summed E-state index contributed by atoms with van der Waals surface area (Å²) in [5.41, 5.74) is 5.89. The fraction of sp³-hybridized carbons (Fsp3) is 0.800. The van der Waals surface area contributed by atoms with Gasteiger partial charge in [-0.3, -0.25) is 0 Å². The Bertz CT molecular complexity index is 112. The van der Waals surface area contributed by atoms with E-state index < -0.39 is 0 Å². The van der Waals surface area contributed by atoms with E-state index in [0.29, 0.717) is 5.92 Å². The molecule has 66 valence electrons. The minimum absolute atomic E-state index is 0.189. The van der Waals surface area contributed by atoms with E-state index in [0.717, 1.165) is 19.4 Å². The van der Waals surface area contributed by atoms with Crippen molar-refractivity contribution in [2.75, 3.05) is 6.54 Å². The molecule has 0 bridgehead atoms. The van der Waals surface area contributed by atoms with Crippen LogP contribution in [0.15, 0.2) is 12.7 Å². The van der Waals surface area contributed by atoms with Crippen LogP contribution in [0.5, 0.6) is 0 Å². The molecule has 0 saturated heterocycles. The monoisotopic (exact) mass is 155 g/mol. The van der Waals surface area contributed by atoms with E-state index in [2.05, 4.69) is 27.4 Å². The number of hydrogen-bond acceptors (Lipinski definition) is 1. The summed E-state index contributed by atoms with van der Waals surface area (Å²) in [6.07, 6.45) is 4.28. The Balaban J connectivity index is 4.16. The van der Waals surface area contributed by atoms with Gasteiger partial charge in [-0.05, 0) is 18.8 Å². The second kappa shape index (κ2) is 4.55. The first-order chi connectivity index (χ1) is 5.10. The Hall–Kier alpha value is -0.300. The molecule has 0 radical (unpaired) electrons. The number of hydrogen-bond donors (Lipinski definition) is 1. The Morgan fingerprint density at radius 2 is 2.09 bits per heavy atom. The van der Waals surface area contributed by atoms with Crippen molar-refractivity contribution in [1.82, 2.24) is 0 Å². The maximum Gasteiger partial charge on any atom is 0.00141 e. The third-order valence-electron chi connectivity index (χ3n) is 2.36. The van der Waals surface area contributed by atoms with Crippen LogP contribution in [0.3, 0.4) is 0 Å². The highest BCUT2D eigenvalue weighted by Gasteiger charge is 2.23. The second-order valence-corrected chi connectivity index (χ2v) is 3.72. The maximum atomic E-state index is 5.71. The zero-order chi connectivity index (χ0) is 8.91. The van der Waals surface area contributed by atoms with Gasteiger partial charge in [0, 0.05) is 12.0 Å². The quantitative estimate of drug-likeness (QED) is 0.607. The summed E-state index contributed by atoms with van der Waals surface area (Å²) in [5, 5.41) is 0. The molecule has 0 saturated carbocycles. The normalized spacial score (nSPS) is 16.5. The van der Waals surface area contributed by atoms with Crippen molar-refractivity contribution < 1.29 is 0 Å². The van der Waals surface area contributed by atoms with Gasteiger partial charge in [-0.1, -0.05) is 26.8 Å². The second-order valence-electron chi connectivity index (χ2n) is 3.72. The lowest BCUT2D eigenvalue weighted by Crippen LogP contribution is -2.29. The summed E-state index contributed by atoms with van der Waals surface area (Å²) in [7, 11) is 0. The lowest BCUT2D eigenvalue weighted by Gasteiger charge is -2.29. The van der Waals surface area contributed by atoms with Gasteiger partial charge in [0.05, 0.1) is 0 Å². The molecule has 0 amide bonds. The first-order valence-corrected chi connectivity index (χ1v) is 4.44. The molecule has 0 spiro atoms. The van der Waals surface area contributed by atoms with Crippen molar-refractivity contribution in [2.24, 2.45) is 17.1 Å². The van der Waals surface area contributed by atoms with Crippen molar-refractivity contribution in [3.63, 3.8) is 0 Å². The van der Waals surface area contributed by atoms with Gasteiger partial charge in [0.25, 0.3) is 0 Å². The third-order valence-corrected chi connectivity index (χ3v) is 2.36. The summed E-state index contributed by atoms with van der Waals surface area (Å²) in [6.45, 7) is 11.2. The van der Waals surface area contributed by atoms with Crippen molar-refractivity contribution in [3.8, 4) is 0 Å². The zero-order valence-electron chi connectivity index (χ0n) is 8.06. The van der Waals surface area contributed by atoms with Crippen LogP contribution in [-0.4, -0.2) is 6.54 Å². The van der Waals surface area contributed by atoms with Crippen LogP contribution < -0.4 is 5.73 Å². The van der Waals surface area contributed by atoms with E-state index in [1.165, 1.54) is 0 Å². The number of nitrogens with two attached hydrogens (primary N) is 1. The molecule has 11 heavy (non-hydrogen) atoms. The molecule has 0 aliphatic carbocycles. The summed E-state index contributed by atoms with van der Waals surface area (Å²) in [6, 6.07) is 0. The average molecular weight is 155 g/mol. The molecule has 1 atom stereocenters. The third kappa shape index (κ3) is 3.06. The van der Waals surface area contributed by atoms with Gasteiger partial charge in [-0.2, -0.15) is 0 Å². The summed E-state index contributed by atoms with van der Waals surface area (Å²) in [4.78, 5) is 0. The molecule has 0 rings (SSSR count). The van der Waals surface area contributed by atoms with Gasteiger partial charge in [-0.15, -0.1) is 6.58 Å². The molecule has 1 unspecified atom stereocenters. The molecule has 0 aliphatic heterocycles. The predicted octanol–water partition coefficient (Wildman–Crippen LogP) is 2.57. The van der Waals surface area contributed by atoms with E-state index in [1.807, 2.05) is 6.08 Å². The molecule has 1 nitrogen and oxygen atoms in total. The topological polar surface area (TPSA) is 26.0 Å². The van der Waals surface area contributed by atoms with E-state index in [1.54, 1.807) is 0 Å². The van der Waals surface area contributed by atoms with Crippen LogP contribution in [0.1, 0.15) is 33.6 Å². The van der Waals surface area contributed by atoms with Gasteiger partial charge >= 0.3 is 0 Å². The van der Waals surface area contributed by atoms with E-state index in [4.69, 9.17) is 5.73 Å². The minimum atomic E-state index is 0.189. The van der Waals surface area contributed by atoms with Crippen molar-refractivity contribution >= 4 is 0 Å². The molecular weight excluding hydrogens is 134 g/mol. The van der Waals surface area contributed by atoms with Crippen LogP contribution >= 0.6 is 0 Å². The van der Waals surface area contributed by atoms with Crippen molar-refractivity contribution in [2.45, 2.75) is 33.6 Å². The zero-order valence-corrected chi connectivity index (χ0v) is 8.06. The summed E-state index contributed by atoms with van der Waals surface area (Å²) >= 11 is 0. The summed E-state index contributed by atoms with van der Waals surface area (Å²) in [5.74, 6) is 0.705. The molecule has 0 aromatic rings. The standard InChI is InChI=1S/C10H21N/c1-5-10(6-2,8-11)7-9(3)4/h5,9H,1,6-8,11H2,2-4H3. The Morgan fingerprint density at radius 3 is 2.18 bits per heavy atom. The first-order valence-electron chi connectivity index (χ1n) is 4.44. The molecule has 0 fully saturated rings. The molecule has 1 heteroatoms. The Kier molecular flexibility index (Phi) is 4.43. The van der Waals surface area contributed by atoms with Gasteiger partial charge in [-0.25, -0.2) is 0 Å². The van der Waals surface area contributed by atoms with Gasteiger partial charge in [0.1, 0.15) is 0 Å². The van der Waals surface area contributed by atoms with Gasteiger partial charge in [0.2, 0.25) is 0 Å². The molecule has 0 heterocycles. The number of rotatable bonds is 5. The fourth-order valence-corrected chi connectivity index (χ4v) is 1.50. The molecular formula is C10H21N. The van der Waals surface area contributed by atoms with Crippen LogP contribution in [0.25, 0.3) is 0 Å². The van der Waals surface area contributed by atoms with E-state index in [-0.39, 0.29) is 5.41 Å².